The molecule has 7 rings (SSSR count). The van der Waals surface area contributed by atoms with Gasteiger partial charge in [-0.3, -0.25) is 9.59 Å². The Morgan fingerprint density at radius 3 is 2.45 bits per heavy atom. The molecule has 9 nitrogen and oxygen atoms in total. The highest BCUT2D eigenvalue weighted by atomic mass is 35.5. The quantitative estimate of drug-likeness (QED) is 0.195. The van der Waals surface area contributed by atoms with E-state index < -0.39 is 17.1 Å². The van der Waals surface area contributed by atoms with Gasteiger partial charge in [0.1, 0.15) is 11.3 Å². The molecule has 4 aromatic rings. The van der Waals surface area contributed by atoms with Gasteiger partial charge < -0.3 is 25.0 Å². The summed E-state index contributed by atoms with van der Waals surface area (Å²) in [5.41, 5.74) is 4.41. The smallest absolute Gasteiger partial charge is 0.253 e. The van der Waals surface area contributed by atoms with E-state index in [9.17, 15) is 9.59 Å². The molecule has 1 saturated carbocycles. The first kappa shape index (κ1) is 33.5. The Morgan fingerprint density at radius 1 is 1.02 bits per heavy atom. The fourth-order valence-electron chi connectivity index (χ4n) is 7.63. The first-order chi connectivity index (χ1) is 23.3. The average Bonchev–Trinajstić information content (AvgIpc) is 3.55. The second-order valence-corrected chi connectivity index (χ2v) is 15.3. The van der Waals surface area contributed by atoms with Crippen LogP contribution in [0.15, 0.2) is 42.7 Å². The molecule has 0 radical (unpaired) electrons. The lowest BCUT2D eigenvalue weighted by atomic mass is 9.82. The van der Waals surface area contributed by atoms with Crippen LogP contribution in [0.1, 0.15) is 95.6 Å². The third-order valence-electron chi connectivity index (χ3n) is 10.4. The van der Waals surface area contributed by atoms with Crippen molar-refractivity contribution in [2.45, 2.75) is 103 Å². The Morgan fingerprint density at radius 2 is 1.76 bits per heavy atom. The molecule has 2 aliphatic heterocycles. The van der Waals surface area contributed by atoms with Crippen molar-refractivity contribution in [1.29, 1.82) is 0 Å². The maximum Gasteiger partial charge on any atom is 0.253 e. The molecule has 1 saturated heterocycles. The molecule has 0 bridgehead atoms. The molecule has 11 heteroatoms. The minimum atomic E-state index is -0.629. The fourth-order valence-corrected chi connectivity index (χ4v) is 7.87. The van der Waals surface area contributed by atoms with Gasteiger partial charge in [-0.05, 0) is 110 Å². The van der Waals surface area contributed by atoms with Crippen LogP contribution in [0.5, 0.6) is 0 Å². The number of nitrogens with one attached hydrogen (secondary N) is 2. The van der Waals surface area contributed by atoms with Crippen molar-refractivity contribution in [3.8, 4) is 11.3 Å². The number of halogens is 2. The fraction of sp³-hybridized carbons (Fsp3) is 0.474. The number of aromatic nitrogens is 3. The van der Waals surface area contributed by atoms with Crippen LogP contribution in [0.4, 0.5) is 21.6 Å². The summed E-state index contributed by atoms with van der Waals surface area (Å²) in [5, 5.41) is 6.03. The lowest BCUT2D eigenvalue weighted by Crippen LogP contribution is -2.57. The van der Waals surface area contributed by atoms with Crippen molar-refractivity contribution < 1.29 is 14.0 Å². The predicted molar refractivity (Wildman–Crippen MR) is 193 cm³/mol. The van der Waals surface area contributed by atoms with E-state index in [4.69, 9.17) is 21.6 Å². The molecule has 2 amide bonds. The molecular weight excluding hydrogens is 641 g/mol. The molecule has 0 atom stereocenters. The van der Waals surface area contributed by atoms with Crippen molar-refractivity contribution in [1.82, 2.24) is 24.8 Å². The zero-order chi connectivity index (χ0) is 34.8. The normalized spacial score (nSPS) is 20.6. The highest BCUT2D eigenvalue weighted by Gasteiger charge is 2.50. The average molecular weight is 686 g/mol. The van der Waals surface area contributed by atoms with Crippen molar-refractivity contribution >= 4 is 51.6 Å². The van der Waals surface area contributed by atoms with Crippen LogP contribution in [0.2, 0.25) is 5.02 Å². The Kier molecular flexibility index (Phi) is 8.68. The van der Waals surface area contributed by atoms with E-state index >= 15 is 4.39 Å². The zero-order valence-electron chi connectivity index (χ0n) is 29.1. The van der Waals surface area contributed by atoms with Gasteiger partial charge in [0.05, 0.1) is 39.2 Å². The number of piperidine rings is 1. The zero-order valence-corrected chi connectivity index (χ0v) is 29.9. The molecule has 2 N–H and O–H groups in total. The lowest BCUT2D eigenvalue weighted by Gasteiger charge is -2.48. The minimum Gasteiger partial charge on any atom is -0.350 e. The number of rotatable bonds is 8. The van der Waals surface area contributed by atoms with Gasteiger partial charge in [0.25, 0.3) is 5.91 Å². The Balaban J connectivity index is 1.27. The summed E-state index contributed by atoms with van der Waals surface area (Å²) in [5.74, 6) is -0.471. The summed E-state index contributed by atoms with van der Waals surface area (Å²) in [6.07, 6.45) is 7.55. The number of fused-ring (bicyclic) bond motifs is 2. The maximum absolute atomic E-state index is 15.4. The van der Waals surface area contributed by atoms with Crippen LogP contribution in [-0.2, 0) is 10.2 Å². The molecule has 0 spiro atoms. The molecule has 2 fully saturated rings. The van der Waals surface area contributed by atoms with E-state index in [2.05, 4.69) is 21.6 Å². The van der Waals surface area contributed by atoms with E-state index in [1.54, 1.807) is 6.33 Å². The largest absolute Gasteiger partial charge is 0.350 e. The van der Waals surface area contributed by atoms with E-state index in [1.165, 1.54) is 25.3 Å². The van der Waals surface area contributed by atoms with E-state index in [0.717, 1.165) is 48.8 Å². The van der Waals surface area contributed by atoms with Crippen molar-refractivity contribution in [3.63, 3.8) is 0 Å². The van der Waals surface area contributed by atoms with Gasteiger partial charge in [0, 0.05) is 35.4 Å². The molecular formula is C38H45ClFN7O2. The summed E-state index contributed by atoms with van der Waals surface area (Å²) in [6.45, 7) is 14.1. The van der Waals surface area contributed by atoms with Crippen LogP contribution in [0.25, 0.3) is 22.3 Å². The first-order valence-electron chi connectivity index (χ1n) is 17.5. The topological polar surface area (TPSA) is 95.4 Å². The second-order valence-electron chi connectivity index (χ2n) is 14.9. The van der Waals surface area contributed by atoms with Gasteiger partial charge >= 0.3 is 0 Å². The van der Waals surface area contributed by atoms with Crippen LogP contribution >= 0.6 is 11.6 Å². The second kappa shape index (κ2) is 12.7. The van der Waals surface area contributed by atoms with Gasteiger partial charge in [-0.2, -0.15) is 0 Å². The third kappa shape index (κ3) is 5.97. The Labute approximate surface area is 292 Å². The molecule has 4 heterocycles. The highest BCUT2D eigenvalue weighted by molar-refractivity contribution is 6.34. The van der Waals surface area contributed by atoms with Crippen LogP contribution in [-0.4, -0.2) is 62.5 Å². The minimum absolute atomic E-state index is 0.0224. The third-order valence-corrected chi connectivity index (χ3v) is 10.7. The maximum atomic E-state index is 15.4. The number of carbonyl (C=O) groups is 2. The van der Waals surface area contributed by atoms with Gasteiger partial charge in [-0.1, -0.05) is 30.2 Å². The Hall–Kier alpha value is -4.02. The summed E-state index contributed by atoms with van der Waals surface area (Å²) in [4.78, 5) is 41.2. The summed E-state index contributed by atoms with van der Waals surface area (Å²) in [7, 11) is 0. The molecule has 258 valence electrons. The summed E-state index contributed by atoms with van der Waals surface area (Å²) in [6, 6.07) is 11.3. The predicted octanol–water partition coefficient (Wildman–Crippen LogP) is 7.99. The molecule has 0 unspecified atom stereocenters. The number of amides is 2. The van der Waals surface area contributed by atoms with Gasteiger partial charge in [-0.25, -0.2) is 14.4 Å². The summed E-state index contributed by atoms with van der Waals surface area (Å²) < 4.78 is 17.4. The van der Waals surface area contributed by atoms with Crippen LogP contribution in [0, 0.1) is 5.82 Å². The lowest BCUT2D eigenvalue weighted by molar-refractivity contribution is -0.123. The van der Waals surface area contributed by atoms with Gasteiger partial charge in [-0.15, -0.1) is 0 Å². The number of carbonyl (C=O) groups excluding carboxylic acids is 2. The van der Waals surface area contributed by atoms with E-state index in [0.29, 0.717) is 28.6 Å². The Bertz CT molecular complexity index is 1940. The monoisotopic (exact) mass is 685 g/mol. The van der Waals surface area contributed by atoms with Crippen LogP contribution in [0.3, 0.4) is 0 Å². The number of imidazole rings is 1. The standard InChI is InChI=1S/C38H45ClFN7O2/c1-21(2)42-36(48)26-17-31(29(40)18-28(26)39)44-35-34-32(41-20-46(34)22(3)4)19-30(43-35)23-10-11-27-33(14-23)47(37(49)38(27,5)6)25-15-24(16-25)45-12-8-7-9-13-45/h10-11,14,17-22,24-25H,7-9,12-13,15-16H2,1-6H3,(H,42,48)(H,43,44). The first-order valence-corrected chi connectivity index (χ1v) is 17.9. The van der Waals surface area contributed by atoms with Gasteiger partial charge in [0.2, 0.25) is 5.91 Å². The van der Waals surface area contributed by atoms with Crippen LogP contribution < -0.4 is 15.5 Å². The summed E-state index contributed by atoms with van der Waals surface area (Å²) >= 11 is 6.32. The van der Waals surface area contributed by atoms with Crippen molar-refractivity contribution in [2.24, 2.45) is 0 Å². The number of anilines is 3. The van der Waals surface area contributed by atoms with Gasteiger partial charge in [0.15, 0.2) is 5.82 Å². The van der Waals surface area contributed by atoms with E-state index in [1.807, 2.05) is 69.2 Å². The van der Waals surface area contributed by atoms with Crippen molar-refractivity contribution in [2.75, 3.05) is 23.3 Å². The number of likely N-dealkylation sites (tertiary alicyclic amines) is 1. The van der Waals surface area contributed by atoms with Crippen molar-refractivity contribution in [3.05, 3.63) is 64.7 Å². The number of pyridine rings is 1. The number of benzene rings is 2. The molecule has 1 aliphatic carbocycles. The number of hydrogen-bond acceptors (Lipinski definition) is 6. The highest BCUT2D eigenvalue weighted by Crippen LogP contribution is 2.48. The molecule has 3 aliphatic rings. The SMILES string of the molecule is CC(C)NC(=O)c1cc(Nc2nc(-c3ccc4c(c3)N(C3CC(N5CCCCC5)C3)C(=O)C4(C)C)cc3ncn(C(C)C)c23)c(F)cc1Cl. The number of nitrogens with zero attached hydrogens (tertiary/aromatic N) is 5. The molecule has 2 aromatic heterocycles. The van der Waals surface area contributed by atoms with E-state index in [-0.39, 0.29) is 40.3 Å². The molecule has 2 aromatic carbocycles. The number of hydrogen-bond donors (Lipinski definition) is 2. The molecule has 49 heavy (non-hydrogen) atoms.